The zero-order valence-electron chi connectivity index (χ0n) is 17.2. The molecule has 0 aromatic rings. The molecule has 1 aliphatic rings. The Morgan fingerprint density at radius 1 is 1.19 bits per heavy atom. The molecule has 0 bridgehead atoms. The number of aliphatic hydroxyl groups is 2. The van der Waals surface area contributed by atoms with Crippen molar-refractivity contribution in [1.82, 2.24) is 0 Å². The SMILES string of the molecule is CCCCCCCC(=O)O[C@@H]1[C@@H](C)[C@H](O)[C@@](C)([C@@H](O)[C@@H](C)C(=O)O)O[C@H]1C. The number of esters is 1. The fraction of sp³-hybridized carbons (Fsp3) is 0.900. The van der Waals surface area contributed by atoms with E-state index in [0.29, 0.717) is 6.42 Å². The van der Waals surface area contributed by atoms with Crippen LogP contribution in [0.1, 0.15) is 73.1 Å². The van der Waals surface area contributed by atoms with Gasteiger partial charge in [-0.05, 0) is 27.2 Å². The molecule has 0 amide bonds. The lowest BCUT2D eigenvalue weighted by atomic mass is 9.75. The van der Waals surface area contributed by atoms with E-state index in [1.165, 1.54) is 13.8 Å². The van der Waals surface area contributed by atoms with Crippen LogP contribution in [0.5, 0.6) is 0 Å². The minimum absolute atomic E-state index is 0.325. The van der Waals surface area contributed by atoms with Gasteiger partial charge in [0.05, 0.1) is 24.2 Å². The number of aliphatic carboxylic acids is 1. The molecule has 0 aromatic carbocycles. The number of rotatable bonds is 10. The molecule has 0 saturated carbocycles. The number of hydrogen-bond acceptors (Lipinski definition) is 6. The van der Waals surface area contributed by atoms with Gasteiger partial charge in [-0.3, -0.25) is 9.59 Å². The summed E-state index contributed by atoms with van der Waals surface area (Å²) in [5.41, 5.74) is -1.46. The molecule has 0 radical (unpaired) electrons. The smallest absolute Gasteiger partial charge is 0.308 e. The molecule has 1 fully saturated rings. The average Bonchev–Trinajstić information content (AvgIpc) is 2.61. The van der Waals surface area contributed by atoms with Crippen LogP contribution in [0.4, 0.5) is 0 Å². The van der Waals surface area contributed by atoms with Crippen LogP contribution in [-0.2, 0) is 19.1 Å². The van der Waals surface area contributed by atoms with Crippen molar-refractivity contribution >= 4 is 11.9 Å². The Balaban J connectivity index is 2.70. The second-order valence-electron chi connectivity index (χ2n) is 8.00. The van der Waals surface area contributed by atoms with E-state index in [0.717, 1.165) is 32.1 Å². The highest BCUT2D eigenvalue weighted by Crippen LogP contribution is 2.39. The molecule has 0 aliphatic carbocycles. The first-order chi connectivity index (χ1) is 12.6. The third kappa shape index (κ3) is 5.90. The fourth-order valence-corrected chi connectivity index (χ4v) is 3.83. The van der Waals surface area contributed by atoms with Gasteiger partial charge in [-0.2, -0.15) is 0 Å². The van der Waals surface area contributed by atoms with Crippen LogP contribution in [0.25, 0.3) is 0 Å². The molecule has 1 heterocycles. The molecule has 0 aromatic heterocycles. The highest BCUT2D eigenvalue weighted by Gasteiger charge is 2.55. The molecule has 7 atom stereocenters. The van der Waals surface area contributed by atoms with Crippen LogP contribution in [-0.4, -0.2) is 57.3 Å². The summed E-state index contributed by atoms with van der Waals surface area (Å²) in [4.78, 5) is 23.4. The van der Waals surface area contributed by atoms with E-state index in [2.05, 4.69) is 6.92 Å². The van der Waals surface area contributed by atoms with Crippen molar-refractivity contribution in [2.75, 3.05) is 0 Å². The highest BCUT2D eigenvalue weighted by atomic mass is 16.6. The molecule has 0 unspecified atom stereocenters. The molecule has 1 saturated heterocycles. The number of unbranched alkanes of at least 4 members (excludes halogenated alkanes) is 4. The lowest BCUT2D eigenvalue weighted by Gasteiger charge is -2.50. The number of carbonyl (C=O) groups is 2. The molecule has 158 valence electrons. The summed E-state index contributed by atoms with van der Waals surface area (Å²) in [5.74, 6) is -3.10. The van der Waals surface area contributed by atoms with Crippen LogP contribution in [0.3, 0.4) is 0 Å². The van der Waals surface area contributed by atoms with Crippen molar-refractivity contribution in [3.8, 4) is 0 Å². The Labute approximate surface area is 162 Å². The van der Waals surface area contributed by atoms with Gasteiger partial charge in [-0.15, -0.1) is 0 Å². The first-order valence-electron chi connectivity index (χ1n) is 10.0. The Morgan fingerprint density at radius 2 is 1.78 bits per heavy atom. The first kappa shape index (κ1) is 23.9. The van der Waals surface area contributed by atoms with Crippen molar-refractivity contribution in [2.45, 2.75) is 103 Å². The zero-order chi connectivity index (χ0) is 20.8. The van der Waals surface area contributed by atoms with Crippen molar-refractivity contribution < 1.29 is 34.4 Å². The lowest BCUT2D eigenvalue weighted by molar-refractivity contribution is -0.277. The minimum atomic E-state index is -1.46. The maximum atomic E-state index is 12.1. The largest absolute Gasteiger partial charge is 0.481 e. The van der Waals surface area contributed by atoms with Crippen molar-refractivity contribution in [2.24, 2.45) is 11.8 Å². The Kier molecular flexibility index (Phi) is 9.18. The summed E-state index contributed by atoms with van der Waals surface area (Å²) < 4.78 is 11.4. The lowest BCUT2D eigenvalue weighted by Crippen LogP contribution is -2.66. The van der Waals surface area contributed by atoms with E-state index < -0.39 is 47.8 Å². The summed E-state index contributed by atoms with van der Waals surface area (Å²) in [7, 11) is 0. The maximum absolute atomic E-state index is 12.1. The van der Waals surface area contributed by atoms with E-state index in [-0.39, 0.29) is 5.97 Å². The van der Waals surface area contributed by atoms with Gasteiger partial charge in [0.25, 0.3) is 0 Å². The predicted octanol–water partition coefficient (Wildman–Crippen LogP) is 2.51. The zero-order valence-corrected chi connectivity index (χ0v) is 17.2. The third-order valence-corrected chi connectivity index (χ3v) is 5.71. The van der Waals surface area contributed by atoms with Crippen LogP contribution in [0, 0.1) is 11.8 Å². The maximum Gasteiger partial charge on any atom is 0.308 e. The summed E-state index contributed by atoms with van der Waals surface area (Å²) in [6.07, 6.45) is 1.67. The number of carbonyl (C=O) groups excluding carboxylic acids is 1. The predicted molar refractivity (Wildman–Crippen MR) is 100 cm³/mol. The van der Waals surface area contributed by atoms with Gasteiger partial charge < -0.3 is 24.8 Å². The Hall–Kier alpha value is -1.18. The second-order valence-corrected chi connectivity index (χ2v) is 8.00. The van der Waals surface area contributed by atoms with Gasteiger partial charge in [-0.1, -0.05) is 39.5 Å². The summed E-state index contributed by atoms with van der Waals surface area (Å²) in [6.45, 7) is 8.43. The standard InChI is InChI=1S/C20H36O7/c1-6-7-8-9-10-11-15(21)26-16-12(2)17(22)20(5,27-14(16)4)18(23)13(3)19(24)25/h12-14,16-18,22-23H,6-11H2,1-5H3,(H,24,25)/t12-,13-,14+,16-,17+,18+,20+/m1/s1. The van der Waals surface area contributed by atoms with Crippen LogP contribution in [0.15, 0.2) is 0 Å². The molecule has 7 heteroatoms. The fourth-order valence-electron chi connectivity index (χ4n) is 3.83. The second kappa shape index (κ2) is 10.4. The molecule has 0 spiro atoms. The number of carboxylic acids is 1. The number of hydrogen-bond donors (Lipinski definition) is 3. The first-order valence-corrected chi connectivity index (χ1v) is 10.0. The third-order valence-electron chi connectivity index (χ3n) is 5.71. The highest BCUT2D eigenvalue weighted by molar-refractivity contribution is 5.70. The van der Waals surface area contributed by atoms with Gasteiger partial charge >= 0.3 is 11.9 Å². The molecule has 1 rings (SSSR count). The molecule has 7 nitrogen and oxygen atoms in total. The molecule has 27 heavy (non-hydrogen) atoms. The number of aliphatic hydroxyl groups excluding tert-OH is 2. The minimum Gasteiger partial charge on any atom is -0.481 e. The molecule has 1 aliphatic heterocycles. The van der Waals surface area contributed by atoms with Crippen LogP contribution >= 0.6 is 0 Å². The van der Waals surface area contributed by atoms with E-state index in [1.807, 2.05) is 0 Å². The normalized spacial score (nSPS) is 33.3. The van der Waals surface area contributed by atoms with Gasteiger partial charge in [0.1, 0.15) is 11.7 Å². The number of carboxylic acid groups (broad SMARTS) is 1. The number of ether oxygens (including phenoxy) is 2. The van der Waals surface area contributed by atoms with Crippen molar-refractivity contribution in [1.29, 1.82) is 0 Å². The summed E-state index contributed by atoms with van der Waals surface area (Å²) in [6, 6.07) is 0. The quantitative estimate of drug-likeness (QED) is 0.389. The van der Waals surface area contributed by atoms with Crippen molar-refractivity contribution in [3.63, 3.8) is 0 Å². The van der Waals surface area contributed by atoms with E-state index in [1.54, 1.807) is 13.8 Å². The van der Waals surface area contributed by atoms with E-state index in [9.17, 15) is 19.8 Å². The summed E-state index contributed by atoms with van der Waals surface area (Å²) in [5, 5.41) is 30.3. The Morgan fingerprint density at radius 3 is 2.33 bits per heavy atom. The van der Waals surface area contributed by atoms with E-state index >= 15 is 0 Å². The topological polar surface area (TPSA) is 113 Å². The van der Waals surface area contributed by atoms with Gasteiger partial charge in [0, 0.05) is 12.3 Å². The van der Waals surface area contributed by atoms with Crippen LogP contribution in [0.2, 0.25) is 0 Å². The molecule has 3 N–H and O–H groups in total. The van der Waals surface area contributed by atoms with Crippen LogP contribution < -0.4 is 0 Å². The summed E-state index contributed by atoms with van der Waals surface area (Å²) >= 11 is 0. The monoisotopic (exact) mass is 388 g/mol. The van der Waals surface area contributed by atoms with E-state index in [4.69, 9.17) is 14.6 Å². The Bertz CT molecular complexity index is 495. The van der Waals surface area contributed by atoms with Gasteiger partial charge in [-0.25, -0.2) is 0 Å². The average molecular weight is 389 g/mol. The molecular formula is C20H36O7. The molecular weight excluding hydrogens is 352 g/mol. The van der Waals surface area contributed by atoms with Gasteiger partial charge in [0.2, 0.25) is 0 Å². The van der Waals surface area contributed by atoms with Crippen molar-refractivity contribution in [3.05, 3.63) is 0 Å². The van der Waals surface area contributed by atoms with Gasteiger partial charge in [0.15, 0.2) is 0 Å².